The van der Waals surface area contributed by atoms with Gasteiger partial charge in [0.05, 0.1) is 12.2 Å². The monoisotopic (exact) mass is 371 g/mol. The van der Waals surface area contributed by atoms with Crippen LogP contribution in [0.2, 0.25) is 0 Å². The number of nitrogens with zero attached hydrogens (tertiary/aromatic N) is 2. The largest absolute Gasteiger partial charge is 0.492 e. The van der Waals surface area contributed by atoms with E-state index in [1.165, 1.54) is 6.08 Å². The Kier molecular flexibility index (Phi) is 6.33. The number of halogens is 1. The van der Waals surface area contributed by atoms with Crippen molar-refractivity contribution in [3.8, 4) is 11.8 Å². The number of rotatable bonds is 6. The molecule has 23 heavy (non-hydrogen) atoms. The third kappa shape index (κ3) is 5.57. The second-order valence-electron chi connectivity index (χ2n) is 4.47. The fraction of sp³-hybridized carbons (Fsp3) is 0.118. The fourth-order valence-corrected chi connectivity index (χ4v) is 2.10. The average molecular weight is 372 g/mol. The van der Waals surface area contributed by atoms with Gasteiger partial charge in [0.15, 0.2) is 0 Å². The van der Waals surface area contributed by atoms with Crippen molar-refractivity contribution in [2.45, 2.75) is 0 Å². The van der Waals surface area contributed by atoms with Crippen LogP contribution in [0.3, 0.4) is 0 Å². The highest BCUT2D eigenvalue weighted by Gasteiger charge is 2.08. The SMILES string of the molecule is N#C/C(=C\c1cccc(Br)n1)C(=O)NCCOc1ccccc1. The van der Waals surface area contributed by atoms with Gasteiger partial charge in [-0.05, 0) is 46.3 Å². The third-order valence-corrected chi connectivity index (χ3v) is 3.24. The van der Waals surface area contributed by atoms with Crippen molar-refractivity contribution < 1.29 is 9.53 Å². The van der Waals surface area contributed by atoms with Crippen LogP contribution in [0.15, 0.2) is 58.7 Å². The molecule has 0 aliphatic rings. The maximum Gasteiger partial charge on any atom is 0.262 e. The van der Waals surface area contributed by atoms with Gasteiger partial charge < -0.3 is 10.1 Å². The lowest BCUT2D eigenvalue weighted by Gasteiger charge is -2.07. The molecule has 116 valence electrons. The lowest BCUT2D eigenvalue weighted by Crippen LogP contribution is -2.29. The first-order chi connectivity index (χ1) is 11.2. The highest BCUT2D eigenvalue weighted by atomic mass is 79.9. The molecule has 0 atom stereocenters. The van der Waals surface area contributed by atoms with Gasteiger partial charge in [-0.3, -0.25) is 4.79 Å². The molecular weight excluding hydrogens is 358 g/mol. The Balaban J connectivity index is 1.87. The van der Waals surface area contributed by atoms with Gasteiger partial charge >= 0.3 is 0 Å². The van der Waals surface area contributed by atoms with Gasteiger partial charge in [0.25, 0.3) is 5.91 Å². The number of nitrogens with one attached hydrogen (secondary N) is 1. The van der Waals surface area contributed by atoms with Crippen LogP contribution in [-0.2, 0) is 4.79 Å². The first-order valence-electron chi connectivity index (χ1n) is 6.89. The van der Waals surface area contributed by atoms with Crippen molar-refractivity contribution in [2.75, 3.05) is 13.2 Å². The summed E-state index contributed by atoms with van der Waals surface area (Å²) in [5, 5.41) is 11.8. The van der Waals surface area contributed by atoms with Crippen LogP contribution in [0.25, 0.3) is 6.08 Å². The minimum Gasteiger partial charge on any atom is -0.492 e. The molecule has 0 saturated carbocycles. The van der Waals surface area contributed by atoms with E-state index in [4.69, 9.17) is 10.00 Å². The minimum absolute atomic E-state index is 0.00434. The van der Waals surface area contributed by atoms with Crippen molar-refractivity contribution in [1.29, 1.82) is 5.26 Å². The molecule has 0 fully saturated rings. The van der Waals surface area contributed by atoms with Gasteiger partial charge in [-0.25, -0.2) is 4.98 Å². The Morgan fingerprint density at radius 2 is 2.04 bits per heavy atom. The van der Waals surface area contributed by atoms with E-state index in [-0.39, 0.29) is 5.57 Å². The number of benzene rings is 1. The van der Waals surface area contributed by atoms with E-state index in [1.54, 1.807) is 18.2 Å². The second kappa shape index (κ2) is 8.71. The smallest absolute Gasteiger partial charge is 0.262 e. The van der Waals surface area contributed by atoms with Crippen LogP contribution < -0.4 is 10.1 Å². The van der Waals surface area contributed by atoms with Gasteiger partial charge in [0, 0.05) is 0 Å². The second-order valence-corrected chi connectivity index (χ2v) is 5.28. The van der Waals surface area contributed by atoms with Crippen molar-refractivity contribution in [3.63, 3.8) is 0 Å². The predicted molar refractivity (Wildman–Crippen MR) is 90.5 cm³/mol. The van der Waals surface area contributed by atoms with Gasteiger partial charge in [-0.15, -0.1) is 0 Å². The molecule has 1 N–H and O–H groups in total. The molecule has 0 unspecified atom stereocenters. The van der Waals surface area contributed by atoms with E-state index in [2.05, 4.69) is 26.2 Å². The van der Waals surface area contributed by atoms with Crippen LogP contribution in [0.5, 0.6) is 5.75 Å². The molecule has 5 nitrogen and oxygen atoms in total. The van der Waals surface area contributed by atoms with E-state index in [0.29, 0.717) is 23.4 Å². The molecule has 2 rings (SSSR count). The minimum atomic E-state index is -0.453. The predicted octanol–water partition coefficient (Wildman–Crippen LogP) is 2.95. The number of nitriles is 1. The summed E-state index contributed by atoms with van der Waals surface area (Å²) in [6, 6.07) is 16.5. The molecule has 6 heteroatoms. The Morgan fingerprint density at radius 3 is 2.74 bits per heavy atom. The fourth-order valence-electron chi connectivity index (χ4n) is 1.75. The van der Waals surface area contributed by atoms with Crippen LogP contribution in [-0.4, -0.2) is 24.0 Å². The van der Waals surface area contributed by atoms with Crippen LogP contribution >= 0.6 is 15.9 Å². The van der Waals surface area contributed by atoms with Gasteiger partial charge in [0.2, 0.25) is 0 Å². The molecule has 1 amide bonds. The van der Waals surface area contributed by atoms with Crippen LogP contribution in [0, 0.1) is 11.3 Å². The summed E-state index contributed by atoms with van der Waals surface area (Å²) in [7, 11) is 0. The van der Waals surface area contributed by atoms with E-state index in [9.17, 15) is 4.79 Å². The Hall–Kier alpha value is -2.65. The number of amides is 1. The van der Waals surface area contributed by atoms with E-state index < -0.39 is 5.91 Å². The summed E-state index contributed by atoms with van der Waals surface area (Å²) in [4.78, 5) is 16.1. The molecule has 0 aliphatic carbocycles. The molecule has 0 saturated heterocycles. The number of ether oxygens (including phenoxy) is 1. The summed E-state index contributed by atoms with van der Waals surface area (Å²) in [6.45, 7) is 0.627. The summed E-state index contributed by atoms with van der Waals surface area (Å²) in [5.41, 5.74) is 0.530. The molecule has 0 aliphatic heterocycles. The molecule has 0 radical (unpaired) electrons. The molecule has 2 aromatic rings. The molecular formula is C17H14BrN3O2. The number of aromatic nitrogens is 1. The summed E-state index contributed by atoms with van der Waals surface area (Å²) in [6.07, 6.45) is 1.44. The van der Waals surface area contributed by atoms with Crippen molar-refractivity contribution >= 4 is 27.9 Å². The Labute approximate surface area is 142 Å². The van der Waals surface area contributed by atoms with Gasteiger partial charge in [-0.2, -0.15) is 5.26 Å². The first kappa shape index (κ1) is 16.7. The maximum absolute atomic E-state index is 12.0. The molecule has 1 heterocycles. The third-order valence-electron chi connectivity index (χ3n) is 2.79. The topological polar surface area (TPSA) is 75.0 Å². The Bertz CT molecular complexity index is 739. The summed E-state index contributed by atoms with van der Waals surface area (Å²) in [5.74, 6) is 0.280. The van der Waals surface area contributed by atoms with Crippen molar-refractivity contribution in [3.05, 3.63) is 64.4 Å². The van der Waals surface area contributed by atoms with Crippen LogP contribution in [0.1, 0.15) is 5.69 Å². The number of pyridine rings is 1. The molecule has 0 bridgehead atoms. The maximum atomic E-state index is 12.0. The van der Waals surface area contributed by atoms with Crippen molar-refractivity contribution in [1.82, 2.24) is 10.3 Å². The first-order valence-corrected chi connectivity index (χ1v) is 7.69. The standard InChI is InChI=1S/C17H14BrN3O2/c18-16-8-4-5-14(21-16)11-13(12-19)17(22)20-9-10-23-15-6-2-1-3-7-15/h1-8,11H,9-10H2,(H,20,22)/b13-11+. The quantitative estimate of drug-likeness (QED) is 0.366. The lowest BCUT2D eigenvalue weighted by molar-refractivity contribution is -0.117. The lowest BCUT2D eigenvalue weighted by atomic mass is 10.2. The summed E-state index contributed by atoms with van der Waals surface area (Å²) >= 11 is 3.24. The number of hydrogen-bond acceptors (Lipinski definition) is 4. The normalized spacial score (nSPS) is 10.7. The van der Waals surface area contributed by atoms with E-state index in [0.717, 1.165) is 5.75 Å². The van der Waals surface area contributed by atoms with Gasteiger partial charge in [-0.1, -0.05) is 24.3 Å². The zero-order valence-electron chi connectivity index (χ0n) is 12.2. The molecule has 1 aromatic heterocycles. The van der Waals surface area contributed by atoms with E-state index in [1.807, 2.05) is 36.4 Å². The van der Waals surface area contributed by atoms with Crippen LogP contribution in [0.4, 0.5) is 0 Å². The van der Waals surface area contributed by atoms with Crippen molar-refractivity contribution in [2.24, 2.45) is 0 Å². The van der Waals surface area contributed by atoms with Gasteiger partial charge in [0.1, 0.15) is 28.6 Å². The molecule has 0 spiro atoms. The number of para-hydroxylation sites is 1. The molecule has 1 aromatic carbocycles. The highest BCUT2D eigenvalue weighted by molar-refractivity contribution is 9.10. The average Bonchev–Trinajstić information content (AvgIpc) is 2.57. The number of hydrogen-bond donors (Lipinski definition) is 1. The zero-order chi connectivity index (χ0) is 16.5. The Morgan fingerprint density at radius 1 is 1.26 bits per heavy atom. The van der Waals surface area contributed by atoms with E-state index >= 15 is 0 Å². The summed E-state index contributed by atoms with van der Waals surface area (Å²) < 4.78 is 6.11. The number of carbonyl (C=O) groups excluding carboxylic acids is 1. The highest BCUT2D eigenvalue weighted by Crippen LogP contribution is 2.10. The zero-order valence-corrected chi connectivity index (χ0v) is 13.8. The number of carbonyl (C=O) groups is 1.